The minimum atomic E-state index is 0.299. The zero-order chi connectivity index (χ0) is 12.5. The van der Waals surface area contributed by atoms with E-state index in [2.05, 4.69) is 41.4 Å². The largest absolute Gasteiger partial charge is 0.379 e. The highest BCUT2D eigenvalue weighted by Gasteiger charge is 2.42. The van der Waals surface area contributed by atoms with E-state index in [1.165, 1.54) is 11.3 Å². The molecule has 2 aliphatic rings. The first-order valence-corrected chi connectivity index (χ1v) is 6.93. The average molecular weight is 244 g/mol. The van der Waals surface area contributed by atoms with Crippen LogP contribution in [0.25, 0.3) is 0 Å². The van der Waals surface area contributed by atoms with Crippen molar-refractivity contribution in [2.24, 2.45) is 0 Å². The van der Waals surface area contributed by atoms with Gasteiger partial charge in [0.25, 0.3) is 0 Å². The zero-order valence-electron chi connectivity index (χ0n) is 10.9. The summed E-state index contributed by atoms with van der Waals surface area (Å²) in [5, 5.41) is 3.60. The summed E-state index contributed by atoms with van der Waals surface area (Å²) < 4.78 is 0. The van der Waals surface area contributed by atoms with Crippen LogP contribution in [0.5, 0.6) is 0 Å². The molecule has 1 amide bonds. The van der Waals surface area contributed by atoms with E-state index in [0.717, 1.165) is 25.8 Å². The highest BCUT2D eigenvalue weighted by Crippen LogP contribution is 2.31. The van der Waals surface area contributed by atoms with Gasteiger partial charge in [-0.2, -0.15) is 0 Å². The number of fused-ring (bicyclic) bond motifs is 1. The molecule has 0 bridgehead atoms. The van der Waals surface area contributed by atoms with Crippen molar-refractivity contribution < 1.29 is 4.79 Å². The van der Waals surface area contributed by atoms with Crippen molar-refractivity contribution in [2.75, 3.05) is 11.9 Å². The Bertz CT molecular complexity index is 458. The third-order valence-corrected chi connectivity index (χ3v) is 4.22. The monoisotopic (exact) mass is 244 g/mol. The number of anilines is 1. The molecule has 2 saturated heterocycles. The van der Waals surface area contributed by atoms with Crippen LogP contribution < -0.4 is 5.32 Å². The van der Waals surface area contributed by atoms with Crippen molar-refractivity contribution in [2.45, 2.75) is 44.7 Å². The lowest BCUT2D eigenvalue weighted by molar-refractivity contribution is -0.127. The summed E-state index contributed by atoms with van der Waals surface area (Å²) in [5.41, 5.74) is 2.54. The Morgan fingerprint density at radius 3 is 3.06 bits per heavy atom. The lowest BCUT2D eigenvalue weighted by Crippen LogP contribution is -2.34. The normalized spacial score (nSPS) is 26.5. The van der Waals surface area contributed by atoms with Crippen LogP contribution in [0.2, 0.25) is 0 Å². The molecule has 2 atom stereocenters. The summed E-state index contributed by atoms with van der Waals surface area (Å²) in [6.45, 7) is 3.12. The molecule has 2 aliphatic heterocycles. The molecular formula is C15H20N2O. The van der Waals surface area contributed by atoms with Crippen LogP contribution in [0.15, 0.2) is 24.3 Å². The Morgan fingerprint density at radius 1 is 1.39 bits per heavy atom. The lowest BCUT2D eigenvalue weighted by atomic mass is 10.0. The van der Waals surface area contributed by atoms with Crippen molar-refractivity contribution >= 4 is 11.6 Å². The second kappa shape index (κ2) is 4.63. The number of aryl methyl sites for hydroxylation is 1. The van der Waals surface area contributed by atoms with Crippen LogP contribution in [-0.2, 0) is 11.2 Å². The number of nitrogens with one attached hydrogen (secondary N) is 1. The predicted molar refractivity (Wildman–Crippen MR) is 72.6 cm³/mol. The molecule has 1 aromatic rings. The Kier molecular flexibility index (Phi) is 2.98. The van der Waals surface area contributed by atoms with Gasteiger partial charge in [-0.3, -0.25) is 4.79 Å². The van der Waals surface area contributed by atoms with E-state index in [4.69, 9.17) is 0 Å². The molecule has 0 spiro atoms. The van der Waals surface area contributed by atoms with Crippen LogP contribution in [0.4, 0.5) is 5.69 Å². The van der Waals surface area contributed by atoms with Crippen molar-refractivity contribution in [3.8, 4) is 0 Å². The summed E-state index contributed by atoms with van der Waals surface area (Å²) in [6, 6.07) is 9.14. The van der Waals surface area contributed by atoms with Crippen molar-refractivity contribution in [1.82, 2.24) is 4.90 Å². The number of carbonyl (C=O) groups is 1. The number of para-hydroxylation sites is 1. The molecule has 2 unspecified atom stereocenters. The molecule has 0 saturated carbocycles. The first-order valence-electron chi connectivity index (χ1n) is 6.93. The molecule has 0 aliphatic carbocycles. The number of hydrogen-bond acceptors (Lipinski definition) is 2. The van der Waals surface area contributed by atoms with Gasteiger partial charge in [0, 0.05) is 18.7 Å². The number of benzene rings is 1. The van der Waals surface area contributed by atoms with Crippen molar-refractivity contribution in [3.05, 3.63) is 29.8 Å². The van der Waals surface area contributed by atoms with Crippen LogP contribution in [0.1, 0.15) is 31.7 Å². The molecule has 18 heavy (non-hydrogen) atoms. The first-order chi connectivity index (χ1) is 8.79. The maximum absolute atomic E-state index is 11.9. The lowest BCUT2D eigenvalue weighted by Gasteiger charge is -2.23. The highest BCUT2D eigenvalue weighted by atomic mass is 16.2. The van der Waals surface area contributed by atoms with Crippen LogP contribution in [0, 0.1) is 0 Å². The zero-order valence-corrected chi connectivity index (χ0v) is 10.9. The molecule has 1 N–H and O–H groups in total. The molecule has 1 aromatic carbocycles. The van der Waals surface area contributed by atoms with Crippen molar-refractivity contribution in [1.29, 1.82) is 0 Å². The van der Waals surface area contributed by atoms with Gasteiger partial charge in [-0.25, -0.2) is 0 Å². The van der Waals surface area contributed by atoms with Crippen LogP contribution in [-0.4, -0.2) is 29.4 Å². The Balaban J connectivity index is 1.78. The minimum absolute atomic E-state index is 0.299. The number of hydrogen-bond donors (Lipinski definition) is 1. The van der Waals surface area contributed by atoms with Gasteiger partial charge in [0.05, 0.1) is 12.1 Å². The maximum Gasteiger partial charge on any atom is 0.225 e. The molecule has 96 valence electrons. The molecule has 2 heterocycles. The number of amides is 1. The van der Waals surface area contributed by atoms with Gasteiger partial charge >= 0.3 is 0 Å². The molecule has 2 fully saturated rings. The molecule has 3 rings (SSSR count). The SMILES string of the molecule is CCc1ccccc1NC1CC(=O)N2CCCC12. The third kappa shape index (κ3) is 1.88. The van der Waals surface area contributed by atoms with E-state index in [1.807, 2.05) is 0 Å². The summed E-state index contributed by atoms with van der Waals surface area (Å²) >= 11 is 0. The van der Waals surface area contributed by atoms with Gasteiger partial charge in [0.1, 0.15) is 0 Å². The highest BCUT2D eigenvalue weighted by molar-refractivity contribution is 5.81. The standard InChI is InChI=1S/C15H20N2O/c1-2-11-6-3-4-7-12(11)16-13-10-15(18)17-9-5-8-14(13)17/h3-4,6-7,13-14,16H,2,5,8-10H2,1H3. The fourth-order valence-electron chi connectivity index (χ4n) is 3.28. The average Bonchev–Trinajstić information content (AvgIpc) is 2.96. The Labute approximate surface area is 108 Å². The van der Waals surface area contributed by atoms with Crippen LogP contribution in [0.3, 0.4) is 0 Å². The predicted octanol–water partition coefficient (Wildman–Crippen LogP) is 2.42. The molecule has 3 heteroatoms. The second-order valence-electron chi connectivity index (χ2n) is 5.26. The third-order valence-electron chi connectivity index (χ3n) is 4.22. The van der Waals surface area contributed by atoms with Gasteiger partial charge in [-0.1, -0.05) is 25.1 Å². The smallest absolute Gasteiger partial charge is 0.225 e. The van der Waals surface area contributed by atoms with Gasteiger partial charge in [-0.05, 0) is 30.9 Å². The summed E-state index contributed by atoms with van der Waals surface area (Å²) in [5.74, 6) is 0.323. The topological polar surface area (TPSA) is 32.3 Å². The summed E-state index contributed by atoms with van der Waals surface area (Å²) in [4.78, 5) is 14.0. The molecule has 0 aromatic heterocycles. The van der Waals surface area contributed by atoms with E-state index in [9.17, 15) is 4.79 Å². The van der Waals surface area contributed by atoms with Gasteiger partial charge in [0.2, 0.25) is 5.91 Å². The molecule has 3 nitrogen and oxygen atoms in total. The number of nitrogens with zero attached hydrogens (tertiary/aromatic N) is 1. The fraction of sp³-hybridized carbons (Fsp3) is 0.533. The van der Waals surface area contributed by atoms with Gasteiger partial charge in [-0.15, -0.1) is 0 Å². The van der Waals surface area contributed by atoms with Crippen molar-refractivity contribution in [3.63, 3.8) is 0 Å². The number of carbonyl (C=O) groups excluding carboxylic acids is 1. The van der Waals surface area contributed by atoms with E-state index >= 15 is 0 Å². The van der Waals surface area contributed by atoms with Gasteiger partial charge < -0.3 is 10.2 Å². The summed E-state index contributed by atoms with van der Waals surface area (Å²) in [6.07, 6.45) is 3.99. The molecular weight excluding hydrogens is 224 g/mol. The van der Waals surface area contributed by atoms with Gasteiger partial charge in [0.15, 0.2) is 0 Å². The van der Waals surface area contributed by atoms with E-state index < -0.39 is 0 Å². The second-order valence-corrected chi connectivity index (χ2v) is 5.26. The number of rotatable bonds is 3. The summed E-state index contributed by atoms with van der Waals surface area (Å²) in [7, 11) is 0. The molecule has 0 radical (unpaired) electrons. The van der Waals surface area contributed by atoms with E-state index in [0.29, 0.717) is 24.4 Å². The quantitative estimate of drug-likeness (QED) is 0.885. The Morgan fingerprint density at radius 2 is 2.22 bits per heavy atom. The fourth-order valence-corrected chi connectivity index (χ4v) is 3.28. The maximum atomic E-state index is 11.9. The minimum Gasteiger partial charge on any atom is -0.379 e. The van der Waals surface area contributed by atoms with E-state index in [-0.39, 0.29) is 0 Å². The Hall–Kier alpha value is -1.51. The van der Waals surface area contributed by atoms with Crippen LogP contribution >= 0.6 is 0 Å². The first kappa shape index (κ1) is 11.6. The van der Waals surface area contributed by atoms with E-state index in [1.54, 1.807) is 0 Å².